The fraction of sp³-hybridized carbons (Fsp3) is 0.459. The average Bonchev–Trinajstić information content (AvgIpc) is 3.57. The van der Waals surface area contributed by atoms with Gasteiger partial charge in [-0.05, 0) is 98.4 Å². The minimum atomic E-state index is -1.76. The highest BCUT2D eigenvalue weighted by Crippen LogP contribution is 2.51. The van der Waals surface area contributed by atoms with E-state index in [1.807, 2.05) is 74.5 Å². The Labute approximate surface area is 281 Å². The molecule has 3 aromatic rings. The van der Waals surface area contributed by atoms with Crippen LogP contribution in [-0.2, 0) is 25.5 Å². The van der Waals surface area contributed by atoms with Crippen molar-refractivity contribution in [1.82, 2.24) is 14.4 Å². The first kappa shape index (κ1) is 34.3. The van der Waals surface area contributed by atoms with E-state index >= 15 is 9.59 Å². The quantitative estimate of drug-likeness (QED) is 0.248. The summed E-state index contributed by atoms with van der Waals surface area (Å²) in [5, 5.41) is 0.707. The van der Waals surface area contributed by atoms with Crippen molar-refractivity contribution in [2.75, 3.05) is 6.54 Å². The van der Waals surface area contributed by atoms with Crippen LogP contribution in [0.3, 0.4) is 0 Å². The number of para-hydroxylation sites is 1. The predicted molar refractivity (Wildman–Crippen MR) is 183 cm³/mol. The molecule has 3 amide bonds. The molecule has 2 aliphatic heterocycles. The highest BCUT2D eigenvalue weighted by molar-refractivity contribution is 8.01. The number of benzene rings is 2. The van der Waals surface area contributed by atoms with Crippen LogP contribution >= 0.6 is 11.8 Å². The number of ether oxygens (including phenoxy) is 2. The number of aromatic nitrogens is 1. The molecule has 2 fully saturated rings. The third kappa shape index (κ3) is 6.70. The van der Waals surface area contributed by atoms with Crippen molar-refractivity contribution < 1.29 is 28.7 Å². The van der Waals surface area contributed by atoms with E-state index in [-0.39, 0.29) is 12.3 Å². The van der Waals surface area contributed by atoms with Gasteiger partial charge in [-0.25, -0.2) is 14.5 Å². The molecule has 2 saturated heterocycles. The molecule has 0 N–H and O–H groups in total. The number of rotatable bonds is 6. The molecule has 0 unspecified atom stereocenters. The Morgan fingerprint density at radius 2 is 1.49 bits per heavy atom. The first-order valence-electron chi connectivity index (χ1n) is 16.1. The Kier molecular flexibility index (Phi) is 9.14. The van der Waals surface area contributed by atoms with Gasteiger partial charge in [0.15, 0.2) is 4.87 Å². The summed E-state index contributed by atoms with van der Waals surface area (Å²) in [7, 11) is 0. The van der Waals surface area contributed by atoms with Crippen LogP contribution in [0.4, 0.5) is 9.59 Å². The number of piperazine rings is 1. The van der Waals surface area contributed by atoms with Gasteiger partial charge in [-0.3, -0.25) is 14.2 Å². The molecular weight excluding hydrogens is 614 g/mol. The van der Waals surface area contributed by atoms with Crippen molar-refractivity contribution >= 4 is 46.7 Å². The van der Waals surface area contributed by atoms with Crippen molar-refractivity contribution in [2.45, 2.75) is 108 Å². The lowest BCUT2D eigenvalue weighted by atomic mass is 9.84. The first-order chi connectivity index (χ1) is 22.0. The lowest BCUT2D eigenvalue weighted by Gasteiger charge is -2.53. The normalized spacial score (nSPS) is 21.5. The number of carbonyl (C=O) groups excluding carboxylic acids is 4. The monoisotopic (exact) mass is 659 g/mol. The third-order valence-corrected chi connectivity index (χ3v) is 9.65. The number of carbonyl (C=O) groups is 4. The molecule has 9 nitrogen and oxygen atoms in total. The van der Waals surface area contributed by atoms with E-state index in [1.165, 1.54) is 4.57 Å². The van der Waals surface area contributed by atoms with Crippen LogP contribution in [0.2, 0.25) is 0 Å². The highest BCUT2D eigenvalue weighted by Gasteiger charge is 2.67. The minimum Gasteiger partial charge on any atom is -0.443 e. The maximum atomic E-state index is 15.3. The Morgan fingerprint density at radius 1 is 0.872 bits per heavy atom. The number of imide groups is 1. The largest absolute Gasteiger partial charge is 0.443 e. The van der Waals surface area contributed by atoms with Gasteiger partial charge < -0.3 is 14.4 Å². The van der Waals surface area contributed by atoms with Gasteiger partial charge in [0.25, 0.3) is 11.8 Å². The van der Waals surface area contributed by atoms with E-state index in [2.05, 4.69) is 0 Å². The second-order valence-electron chi connectivity index (χ2n) is 14.6. The summed E-state index contributed by atoms with van der Waals surface area (Å²) in [4.78, 5) is 59.8. The van der Waals surface area contributed by atoms with Crippen LogP contribution < -0.4 is 0 Å². The van der Waals surface area contributed by atoms with Crippen LogP contribution in [0.25, 0.3) is 10.9 Å². The van der Waals surface area contributed by atoms with Crippen molar-refractivity contribution in [3.63, 3.8) is 0 Å². The van der Waals surface area contributed by atoms with Crippen molar-refractivity contribution in [3.05, 3.63) is 78.0 Å². The van der Waals surface area contributed by atoms with Gasteiger partial charge in [0.05, 0.1) is 5.52 Å². The molecule has 1 aromatic heterocycles. The SMILES string of the molecule is CC(C)=CC[C@@]12CCCN1C(=O)[C@](Cc1cn(C(=O)OC(C)(C)C)c3ccccc13)(Sc1ccccc1)N(C(=O)OC(C)(C)C)C2=O. The number of thioether (sulfide) groups is 1. The summed E-state index contributed by atoms with van der Waals surface area (Å²) in [6.45, 7) is 14.9. The molecule has 3 heterocycles. The van der Waals surface area contributed by atoms with E-state index in [0.717, 1.165) is 22.2 Å². The number of allylic oxidation sites excluding steroid dienone is 1. The van der Waals surface area contributed by atoms with E-state index < -0.39 is 39.7 Å². The molecule has 250 valence electrons. The van der Waals surface area contributed by atoms with Crippen molar-refractivity contribution in [2.24, 2.45) is 0 Å². The molecule has 0 radical (unpaired) electrons. The number of hydrogen-bond acceptors (Lipinski definition) is 7. The van der Waals surface area contributed by atoms with Crippen LogP contribution in [0.15, 0.2) is 77.3 Å². The molecule has 47 heavy (non-hydrogen) atoms. The van der Waals surface area contributed by atoms with Gasteiger partial charge in [-0.1, -0.05) is 59.8 Å². The summed E-state index contributed by atoms with van der Waals surface area (Å²) in [6.07, 6.45) is 3.46. The number of fused-ring (bicyclic) bond motifs is 2. The highest BCUT2D eigenvalue weighted by atomic mass is 32.2. The molecule has 2 atom stereocenters. The van der Waals surface area contributed by atoms with Gasteiger partial charge in [0, 0.05) is 29.4 Å². The van der Waals surface area contributed by atoms with E-state index in [9.17, 15) is 9.59 Å². The second-order valence-corrected chi connectivity index (χ2v) is 15.9. The van der Waals surface area contributed by atoms with Gasteiger partial charge in [-0.2, -0.15) is 0 Å². The number of nitrogens with zero attached hydrogens (tertiary/aromatic N) is 3. The first-order valence-corrected chi connectivity index (χ1v) is 16.9. The summed E-state index contributed by atoms with van der Waals surface area (Å²) < 4.78 is 13.1. The molecule has 0 bridgehead atoms. The van der Waals surface area contributed by atoms with Gasteiger partial charge in [0.1, 0.15) is 16.7 Å². The summed E-state index contributed by atoms with van der Waals surface area (Å²) in [5.74, 6) is -0.800. The lowest BCUT2D eigenvalue weighted by molar-refractivity contribution is -0.168. The number of hydrogen-bond donors (Lipinski definition) is 0. The smallest absolute Gasteiger partial charge is 0.419 e. The van der Waals surface area contributed by atoms with Gasteiger partial charge >= 0.3 is 12.2 Å². The zero-order chi connectivity index (χ0) is 34.4. The van der Waals surface area contributed by atoms with Gasteiger partial charge in [-0.15, -0.1) is 0 Å². The van der Waals surface area contributed by atoms with Crippen LogP contribution in [0.1, 0.15) is 80.2 Å². The number of amides is 3. The fourth-order valence-electron chi connectivity index (χ4n) is 6.36. The van der Waals surface area contributed by atoms with Crippen LogP contribution in [-0.4, -0.2) is 66.5 Å². The predicted octanol–water partition coefficient (Wildman–Crippen LogP) is 7.95. The lowest BCUT2D eigenvalue weighted by Crippen LogP contribution is -2.75. The molecule has 5 rings (SSSR count). The Hall–Kier alpha value is -4.05. The standard InChI is InChI=1S/C37H45N3O6S/c1-25(2)19-21-36-20-14-22-39(36)31(42)37(47-27-15-10-9-11-16-27,40(30(36)41)33(44)46-35(6,7)8)23-26-24-38(32(43)45-34(3,4)5)29-18-13-12-17-28(26)29/h9-13,15-19,24H,14,20-23H2,1-8H3/t36-,37+/m1/s1. The maximum Gasteiger partial charge on any atom is 0.419 e. The average molecular weight is 660 g/mol. The zero-order valence-corrected chi connectivity index (χ0v) is 29.4. The summed E-state index contributed by atoms with van der Waals surface area (Å²) >= 11 is 1.16. The van der Waals surface area contributed by atoms with E-state index in [4.69, 9.17) is 9.47 Å². The molecule has 0 saturated carbocycles. The Balaban J connectivity index is 1.75. The Morgan fingerprint density at radius 3 is 2.13 bits per heavy atom. The van der Waals surface area contributed by atoms with Crippen molar-refractivity contribution in [3.8, 4) is 0 Å². The summed E-state index contributed by atoms with van der Waals surface area (Å²) in [6, 6.07) is 16.7. The molecular formula is C37H45N3O6S. The van der Waals surface area contributed by atoms with Gasteiger partial charge in [0.2, 0.25) is 0 Å². The molecule has 2 aliphatic rings. The molecule has 0 aliphatic carbocycles. The van der Waals surface area contributed by atoms with E-state index in [0.29, 0.717) is 47.2 Å². The zero-order valence-electron chi connectivity index (χ0n) is 28.6. The third-order valence-electron chi connectivity index (χ3n) is 8.30. The van der Waals surface area contributed by atoms with Crippen molar-refractivity contribution in [1.29, 1.82) is 0 Å². The minimum absolute atomic E-state index is 0.0675. The van der Waals surface area contributed by atoms with Crippen LogP contribution in [0, 0.1) is 0 Å². The molecule has 2 aromatic carbocycles. The van der Waals surface area contributed by atoms with Crippen LogP contribution in [0.5, 0.6) is 0 Å². The fourth-order valence-corrected chi connectivity index (χ4v) is 7.72. The van der Waals surface area contributed by atoms with E-state index in [1.54, 1.807) is 52.6 Å². The maximum absolute atomic E-state index is 15.3. The molecule has 10 heteroatoms. The molecule has 0 spiro atoms. The Bertz CT molecular complexity index is 1730. The second kappa shape index (κ2) is 12.5. The topological polar surface area (TPSA) is 98.2 Å². The summed E-state index contributed by atoms with van der Waals surface area (Å²) in [5.41, 5.74) is -0.668.